The number of hydrogen-bond donors (Lipinski definition) is 2. The molecule has 0 radical (unpaired) electrons. The Hall–Kier alpha value is -0.850. The zero-order valence-electron chi connectivity index (χ0n) is 17.4. The average molecular weight is 368 g/mol. The van der Waals surface area contributed by atoms with Gasteiger partial charge in [0.25, 0.3) is 0 Å². The molecule has 1 heterocycles. The van der Waals surface area contributed by atoms with Crippen molar-refractivity contribution in [3.8, 4) is 0 Å². The van der Waals surface area contributed by atoms with Crippen LogP contribution in [0.2, 0.25) is 0 Å². The second-order valence-corrected chi connectivity index (χ2v) is 8.15. The van der Waals surface area contributed by atoms with Gasteiger partial charge in [-0.3, -0.25) is 4.99 Å². The number of aliphatic imine (C=N–C) groups is 1. The molecule has 2 N–H and O–H groups in total. The van der Waals surface area contributed by atoms with Crippen LogP contribution in [0.1, 0.15) is 44.9 Å². The van der Waals surface area contributed by atoms with E-state index in [9.17, 15) is 0 Å². The Morgan fingerprint density at radius 1 is 1.08 bits per heavy atom. The predicted molar refractivity (Wildman–Crippen MR) is 110 cm³/mol. The molecule has 6 heteroatoms. The van der Waals surface area contributed by atoms with E-state index in [4.69, 9.17) is 4.74 Å². The van der Waals surface area contributed by atoms with E-state index in [-0.39, 0.29) is 0 Å². The molecule has 6 nitrogen and oxygen atoms in total. The molecule has 1 aliphatic carbocycles. The number of piperazine rings is 1. The number of nitrogens with zero attached hydrogens (tertiary/aromatic N) is 3. The Bertz CT molecular complexity index is 401. The first-order chi connectivity index (χ1) is 12.7. The number of hydrogen-bond acceptors (Lipinski definition) is 4. The second-order valence-electron chi connectivity index (χ2n) is 8.15. The first-order valence-electron chi connectivity index (χ1n) is 10.5. The lowest BCUT2D eigenvalue weighted by Gasteiger charge is -2.32. The zero-order chi connectivity index (χ0) is 18.7. The molecule has 0 amide bonds. The van der Waals surface area contributed by atoms with Crippen LogP contribution in [0.15, 0.2) is 4.99 Å². The summed E-state index contributed by atoms with van der Waals surface area (Å²) >= 11 is 0. The van der Waals surface area contributed by atoms with Crippen LogP contribution in [0.3, 0.4) is 0 Å². The maximum absolute atomic E-state index is 5.33. The van der Waals surface area contributed by atoms with Crippen molar-refractivity contribution in [1.82, 2.24) is 20.4 Å². The number of likely N-dealkylation sites (N-methyl/N-ethyl adjacent to an activating group) is 1. The van der Waals surface area contributed by atoms with Crippen molar-refractivity contribution in [2.24, 2.45) is 10.4 Å². The molecule has 1 saturated carbocycles. The molecule has 1 saturated heterocycles. The normalized spacial score (nSPS) is 21.9. The van der Waals surface area contributed by atoms with E-state index in [1.54, 1.807) is 7.11 Å². The number of ether oxygens (including phenoxy) is 1. The molecule has 2 rings (SSSR count). The van der Waals surface area contributed by atoms with Crippen molar-refractivity contribution in [3.63, 3.8) is 0 Å². The van der Waals surface area contributed by atoms with E-state index in [0.717, 1.165) is 32.1 Å². The van der Waals surface area contributed by atoms with Crippen LogP contribution in [-0.4, -0.2) is 89.4 Å². The van der Waals surface area contributed by atoms with Crippen molar-refractivity contribution in [2.45, 2.75) is 44.9 Å². The van der Waals surface area contributed by atoms with Gasteiger partial charge in [-0.25, -0.2) is 0 Å². The number of methoxy groups -OCH3 is 1. The molecule has 2 aliphatic rings. The third-order valence-electron chi connectivity index (χ3n) is 6.14. The van der Waals surface area contributed by atoms with Gasteiger partial charge in [-0.05, 0) is 51.1 Å². The standard InChI is InChI=1S/C20H41N5O/c1-21-19(23-18-20(10-17-26-3)8-4-5-9-20)22-11-6-7-12-25-15-13-24(2)14-16-25/h4-18H2,1-3H3,(H2,21,22,23). The molecular formula is C20H41N5O. The fourth-order valence-electron chi connectivity index (χ4n) is 4.19. The first-order valence-corrected chi connectivity index (χ1v) is 10.5. The molecular weight excluding hydrogens is 326 g/mol. The highest BCUT2D eigenvalue weighted by molar-refractivity contribution is 5.79. The molecule has 0 spiro atoms. The smallest absolute Gasteiger partial charge is 0.190 e. The summed E-state index contributed by atoms with van der Waals surface area (Å²) in [6, 6.07) is 0. The largest absolute Gasteiger partial charge is 0.385 e. The third-order valence-corrected chi connectivity index (χ3v) is 6.14. The first kappa shape index (κ1) is 21.5. The van der Waals surface area contributed by atoms with Crippen molar-refractivity contribution in [2.75, 3.05) is 73.6 Å². The minimum Gasteiger partial charge on any atom is -0.385 e. The average Bonchev–Trinajstić information content (AvgIpc) is 3.13. The van der Waals surface area contributed by atoms with Crippen LogP contribution in [-0.2, 0) is 4.74 Å². The highest BCUT2D eigenvalue weighted by atomic mass is 16.5. The van der Waals surface area contributed by atoms with Gasteiger partial charge in [0.05, 0.1) is 0 Å². The molecule has 152 valence electrons. The summed E-state index contributed by atoms with van der Waals surface area (Å²) in [5.74, 6) is 0.952. The minimum absolute atomic E-state index is 0.398. The van der Waals surface area contributed by atoms with Crippen LogP contribution in [0, 0.1) is 5.41 Å². The van der Waals surface area contributed by atoms with Gasteiger partial charge in [0.15, 0.2) is 5.96 Å². The van der Waals surface area contributed by atoms with E-state index in [1.807, 2.05) is 7.05 Å². The summed E-state index contributed by atoms with van der Waals surface area (Å²) < 4.78 is 5.33. The Morgan fingerprint density at radius 3 is 2.46 bits per heavy atom. The Labute approximate surface area is 160 Å². The van der Waals surface area contributed by atoms with Gasteiger partial charge in [0, 0.05) is 60.0 Å². The number of nitrogens with one attached hydrogen (secondary N) is 2. The molecule has 0 aromatic carbocycles. The van der Waals surface area contributed by atoms with Gasteiger partial charge in [-0.15, -0.1) is 0 Å². The minimum atomic E-state index is 0.398. The van der Waals surface area contributed by atoms with E-state index < -0.39 is 0 Å². The molecule has 0 aromatic rings. The fraction of sp³-hybridized carbons (Fsp3) is 0.950. The summed E-state index contributed by atoms with van der Waals surface area (Å²) in [6.07, 6.45) is 8.93. The van der Waals surface area contributed by atoms with E-state index >= 15 is 0 Å². The quantitative estimate of drug-likeness (QED) is 0.350. The second kappa shape index (κ2) is 11.8. The van der Waals surface area contributed by atoms with E-state index in [1.165, 1.54) is 71.2 Å². The molecule has 0 bridgehead atoms. The summed E-state index contributed by atoms with van der Waals surface area (Å²) in [5.41, 5.74) is 0.398. The molecule has 2 fully saturated rings. The van der Waals surface area contributed by atoms with Gasteiger partial charge < -0.3 is 25.2 Å². The van der Waals surface area contributed by atoms with Crippen LogP contribution in [0.4, 0.5) is 0 Å². The van der Waals surface area contributed by atoms with Gasteiger partial charge in [0.2, 0.25) is 0 Å². The van der Waals surface area contributed by atoms with Crippen molar-refractivity contribution < 1.29 is 4.74 Å². The number of rotatable bonds is 10. The van der Waals surface area contributed by atoms with E-state index in [2.05, 4.69) is 32.5 Å². The van der Waals surface area contributed by atoms with Crippen LogP contribution in [0.25, 0.3) is 0 Å². The summed E-state index contributed by atoms with van der Waals surface area (Å²) in [5, 5.41) is 7.07. The van der Waals surface area contributed by atoms with Crippen molar-refractivity contribution >= 4 is 5.96 Å². The van der Waals surface area contributed by atoms with Crippen molar-refractivity contribution in [3.05, 3.63) is 0 Å². The van der Waals surface area contributed by atoms with Crippen molar-refractivity contribution in [1.29, 1.82) is 0 Å². The lowest BCUT2D eigenvalue weighted by atomic mass is 9.83. The predicted octanol–water partition coefficient (Wildman–Crippen LogP) is 1.78. The molecule has 0 unspecified atom stereocenters. The Balaban J connectivity index is 1.58. The van der Waals surface area contributed by atoms with Crippen LogP contribution >= 0.6 is 0 Å². The monoisotopic (exact) mass is 367 g/mol. The van der Waals surface area contributed by atoms with Gasteiger partial charge in [-0.1, -0.05) is 12.8 Å². The highest BCUT2D eigenvalue weighted by Crippen LogP contribution is 2.40. The van der Waals surface area contributed by atoms with Crippen LogP contribution in [0.5, 0.6) is 0 Å². The Morgan fingerprint density at radius 2 is 1.81 bits per heavy atom. The summed E-state index contributed by atoms with van der Waals surface area (Å²) in [7, 11) is 5.89. The lowest BCUT2D eigenvalue weighted by molar-refractivity contribution is 0.138. The topological polar surface area (TPSA) is 52.1 Å². The van der Waals surface area contributed by atoms with Gasteiger partial charge >= 0.3 is 0 Å². The maximum atomic E-state index is 5.33. The summed E-state index contributed by atoms with van der Waals surface area (Å²) in [4.78, 5) is 9.41. The lowest BCUT2D eigenvalue weighted by Crippen LogP contribution is -2.45. The summed E-state index contributed by atoms with van der Waals surface area (Å²) in [6.45, 7) is 8.95. The number of guanidine groups is 1. The Kier molecular flexibility index (Phi) is 9.72. The fourth-order valence-corrected chi connectivity index (χ4v) is 4.19. The molecule has 26 heavy (non-hydrogen) atoms. The maximum Gasteiger partial charge on any atom is 0.190 e. The molecule has 0 aromatic heterocycles. The highest BCUT2D eigenvalue weighted by Gasteiger charge is 2.33. The zero-order valence-corrected chi connectivity index (χ0v) is 17.4. The van der Waals surface area contributed by atoms with Gasteiger partial charge in [0.1, 0.15) is 0 Å². The SMILES string of the molecule is CN=C(NCCCCN1CCN(C)CC1)NCC1(CCOC)CCCC1. The number of unbranched alkanes of at least 4 members (excludes halogenated alkanes) is 1. The van der Waals surface area contributed by atoms with E-state index in [0.29, 0.717) is 5.41 Å². The molecule has 1 aliphatic heterocycles. The van der Waals surface area contributed by atoms with Gasteiger partial charge in [-0.2, -0.15) is 0 Å². The van der Waals surface area contributed by atoms with Crippen LogP contribution < -0.4 is 10.6 Å². The third kappa shape index (κ3) is 7.41. The molecule has 0 atom stereocenters.